The lowest BCUT2D eigenvalue weighted by molar-refractivity contribution is -0.147. The molecule has 2 heterocycles. The van der Waals surface area contributed by atoms with E-state index in [1.165, 1.54) is 24.9 Å². The monoisotopic (exact) mass is 284 g/mol. The lowest BCUT2D eigenvalue weighted by Crippen LogP contribution is -2.68. The molecule has 102 valence electrons. The zero-order valence-corrected chi connectivity index (χ0v) is 10.8. The number of hydrogen-bond acceptors (Lipinski definition) is 6. The minimum absolute atomic E-state index is 0.121. The Bertz CT molecular complexity index is 516. The van der Waals surface area contributed by atoms with E-state index in [4.69, 9.17) is 5.73 Å². The van der Waals surface area contributed by atoms with Crippen LogP contribution in [0.5, 0.6) is 0 Å². The van der Waals surface area contributed by atoms with Gasteiger partial charge in [0.2, 0.25) is 11.8 Å². The number of nitrogens with two attached hydrogens (primary N) is 1. The molecule has 1 fully saturated rings. The molecule has 0 aromatic rings. The van der Waals surface area contributed by atoms with E-state index < -0.39 is 17.9 Å². The van der Waals surface area contributed by atoms with Crippen molar-refractivity contribution in [3.8, 4) is 0 Å². The fourth-order valence-corrected chi connectivity index (χ4v) is 3.08. The van der Waals surface area contributed by atoms with Crippen LogP contribution in [0.3, 0.4) is 0 Å². The molecule has 8 nitrogen and oxygen atoms in total. The van der Waals surface area contributed by atoms with E-state index in [0.29, 0.717) is 11.3 Å². The third-order valence-electron chi connectivity index (χ3n) is 2.68. The highest BCUT2D eigenvalue weighted by Gasteiger charge is 2.51. The van der Waals surface area contributed by atoms with Gasteiger partial charge in [0.05, 0.1) is 6.21 Å². The summed E-state index contributed by atoms with van der Waals surface area (Å²) >= 11 is 1.37. The van der Waals surface area contributed by atoms with Crippen LogP contribution < -0.4 is 11.2 Å². The number of carbonyl (C=O) groups excluding carboxylic acids is 2. The quantitative estimate of drug-likeness (QED) is 0.336. The first-order valence-corrected chi connectivity index (χ1v) is 6.44. The number of nitrogens with zero attached hydrogens (tertiary/aromatic N) is 2. The van der Waals surface area contributed by atoms with Crippen LogP contribution in [-0.2, 0) is 14.4 Å². The van der Waals surface area contributed by atoms with E-state index in [1.807, 2.05) is 0 Å². The SMILES string of the molecule is CC(=O)N/N=C/C1=C(C(=O)O)N2C(=O)C(N)[C@H]2SC1. The largest absolute Gasteiger partial charge is 0.477 e. The van der Waals surface area contributed by atoms with Crippen molar-refractivity contribution in [1.29, 1.82) is 0 Å². The van der Waals surface area contributed by atoms with Gasteiger partial charge >= 0.3 is 5.97 Å². The summed E-state index contributed by atoms with van der Waals surface area (Å²) in [5.74, 6) is -1.63. The van der Waals surface area contributed by atoms with Crippen LogP contribution in [0.1, 0.15) is 6.92 Å². The number of aliphatic carboxylic acids is 1. The topological polar surface area (TPSA) is 125 Å². The molecule has 2 amide bonds. The summed E-state index contributed by atoms with van der Waals surface area (Å²) in [5.41, 5.74) is 8.03. The number of hydrazone groups is 1. The number of amides is 2. The number of fused-ring (bicyclic) bond motifs is 1. The maximum Gasteiger partial charge on any atom is 0.353 e. The summed E-state index contributed by atoms with van der Waals surface area (Å²) in [4.78, 5) is 34.7. The molecule has 0 aliphatic carbocycles. The second kappa shape index (κ2) is 5.02. The van der Waals surface area contributed by atoms with Gasteiger partial charge in [-0.15, -0.1) is 11.8 Å². The van der Waals surface area contributed by atoms with E-state index >= 15 is 0 Å². The standard InChI is InChI=1S/C10H12N4O4S/c1-4(15)13-12-2-5-3-19-9-6(11)8(16)14(9)7(5)10(17)18/h2,6,9H,3,11H2,1H3,(H,13,15)(H,17,18)/b12-2+/t6?,9-/m1/s1. The number of carboxylic acids is 1. The lowest BCUT2D eigenvalue weighted by Gasteiger charge is -2.47. The molecule has 0 saturated carbocycles. The molecule has 4 N–H and O–H groups in total. The van der Waals surface area contributed by atoms with Crippen molar-refractivity contribution in [2.75, 3.05) is 5.75 Å². The molecule has 9 heteroatoms. The van der Waals surface area contributed by atoms with Crippen LogP contribution in [0, 0.1) is 0 Å². The molecule has 0 radical (unpaired) electrons. The molecule has 0 bridgehead atoms. The van der Waals surface area contributed by atoms with Gasteiger partial charge in [0, 0.05) is 18.2 Å². The Balaban J connectivity index is 2.28. The zero-order chi connectivity index (χ0) is 14.2. The average Bonchev–Trinajstić information content (AvgIpc) is 2.36. The van der Waals surface area contributed by atoms with Gasteiger partial charge < -0.3 is 10.8 Å². The highest BCUT2D eigenvalue weighted by molar-refractivity contribution is 8.00. The molecule has 2 aliphatic rings. The van der Waals surface area contributed by atoms with E-state index in [2.05, 4.69) is 10.5 Å². The van der Waals surface area contributed by atoms with E-state index in [9.17, 15) is 19.5 Å². The van der Waals surface area contributed by atoms with Crippen molar-refractivity contribution < 1.29 is 19.5 Å². The second-order valence-corrected chi connectivity index (χ2v) is 5.15. The Morgan fingerprint density at radius 1 is 1.63 bits per heavy atom. The third-order valence-corrected chi connectivity index (χ3v) is 4.01. The van der Waals surface area contributed by atoms with E-state index in [0.717, 1.165) is 4.90 Å². The summed E-state index contributed by atoms with van der Waals surface area (Å²) < 4.78 is 0. The fraction of sp³-hybridized carbons (Fsp3) is 0.400. The number of carboxylic acid groups (broad SMARTS) is 1. The Labute approximate surface area is 112 Å². The fourth-order valence-electron chi connectivity index (χ4n) is 1.84. The van der Waals surface area contributed by atoms with Gasteiger partial charge in [0.1, 0.15) is 17.1 Å². The molecular weight excluding hydrogens is 272 g/mol. The number of thioether (sulfide) groups is 1. The van der Waals surface area contributed by atoms with Crippen LogP contribution in [0.25, 0.3) is 0 Å². The van der Waals surface area contributed by atoms with Crippen LogP contribution in [0.2, 0.25) is 0 Å². The van der Waals surface area contributed by atoms with Gasteiger partial charge in [-0.3, -0.25) is 14.5 Å². The summed E-state index contributed by atoms with van der Waals surface area (Å²) in [5, 5.41) is 12.5. The minimum Gasteiger partial charge on any atom is -0.477 e. The van der Waals surface area contributed by atoms with Crippen molar-refractivity contribution in [3.63, 3.8) is 0 Å². The first kappa shape index (κ1) is 13.6. The first-order chi connectivity index (χ1) is 8.93. The van der Waals surface area contributed by atoms with Gasteiger partial charge in [0.15, 0.2) is 0 Å². The Morgan fingerprint density at radius 3 is 2.89 bits per heavy atom. The number of β-lactam (4-membered cyclic amide) rings is 1. The Morgan fingerprint density at radius 2 is 2.32 bits per heavy atom. The average molecular weight is 284 g/mol. The van der Waals surface area contributed by atoms with Crippen LogP contribution >= 0.6 is 11.8 Å². The maximum atomic E-state index is 11.6. The molecule has 19 heavy (non-hydrogen) atoms. The van der Waals surface area contributed by atoms with Gasteiger partial charge in [0.25, 0.3) is 0 Å². The number of hydrogen-bond donors (Lipinski definition) is 3. The normalized spacial score (nSPS) is 26.2. The molecule has 2 aliphatic heterocycles. The van der Waals surface area contributed by atoms with Gasteiger partial charge in [-0.05, 0) is 0 Å². The van der Waals surface area contributed by atoms with Crippen molar-refractivity contribution >= 4 is 35.8 Å². The van der Waals surface area contributed by atoms with E-state index in [1.54, 1.807) is 0 Å². The van der Waals surface area contributed by atoms with Gasteiger partial charge in [-0.25, -0.2) is 10.2 Å². The molecule has 2 atom stereocenters. The number of nitrogens with one attached hydrogen (secondary N) is 1. The summed E-state index contributed by atoms with van der Waals surface area (Å²) in [6.07, 6.45) is 1.24. The van der Waals surface area contributed by atoms with Gasteiger partial charge in [-0.1, -0.05) is 0 Å². The smallest absolute Gasteiger partial charge is 0.353 e. The summed E-state index contributed by atoms with van der Waals surface area (Å²) in [6.45, 7) is 1.29. The Kier molecular flexibility index (Phi) is 3.58. The Hall–Kier alpha value is -1.87. The number of rotatable bonds is 3. The summed E-state index contributed by atoms with van der Waals surface area (Å²) in [7, 11) is 0. The predicted octanol–water partition coefficient (Wildman–Crippen LogP) is -1.31. The van der Waals surface area contributed by atoms with Crippen molar-refractivity contribution in [1.82, 2.24) is 10.3 Å². The zero-order valence-electron chi connectivity index (χ0n) is 9.99. The molecule has 1 unspecified atom stereocenters. The molecule has 1 saturated heterocycles. The molecular formula is C10H12N4O4S. The maximum absolute atomic E-state index is 11.6. The predicted molar refractivity (Wildman–Crippen MR) is 68.0 cm³/mol. The van der Waals surface area contributed by atoms with E-state index in [-0.39, 0.29) is 17.0 Å². The van der Waals surface area contributed by atoms with Crippen molar-refractivity contribution in [3.05, 3.63) is 11.3 Å². The van der Waals surface area contributed by atoms with Gasteiger partial charge in [-0.2, -0.15) is 5.10 Å². The van der Waals surface area contributed by atoms with Crippen molar-refractivity contribution in [2.24, 2.45) is 10.8 Å². The summed E-state index contributed by atoms with van der Waals surface area (Å²) in [6, 6.07) is -0.659. The molecule has 2 rings (SSSR count). The molecule has 0 aromatic heterocycles. The first-order valence-electron chi connectivity index (χ1n) is 5.40. The third kappa shape index (κ3) is 2.34. The highest BCUT2D eigenvalue weighted by Crippen LogP contribution is 2.38. The van der Waals surface area contributed by atoms with Crippen LogP contribution in [0.4, 0.5) is 0 Å². The molecule has 0 spiro atoms. The number of carbonyl (C=O) groups is 3. The van der Waals surface area contributed by atoms with Crippen molar-refractivity contribution in [2.45, 2.75) is 18.3 Å². The van der Waals surface area contributed by atoms with Crippen LogP contribution in [-0.4, -0.2) is 51.2 Å². The van der Waals surface area contributed by atoms with Crippen LogP contribution in [0.15, 0.2) is 16.4 Å². The lowest BCUT2D eigenvalue weighted by atomic mass is 10.0. The highest BCUT2D eigenvalue weighted by atomic mass is 32.2. The molecule has 0 aromatic carbocycles. The minimum atomic E-state index is -1.21. The second-order valence-electron chi connectivity index (χ2n) is 4.04.